The van der Waals surface area contributed by atoms with Gasteiger partial charge in [0.15, 0.2) is 0 Å². The zero-order valence-corrected chi connectivity index (χ0v) is 25.2. The summed E-state index contributed by atoms with van der Waals surface area (Å²) in [4.78, 5) is 12.0. The molecule has 0 aliphatic carbocycles. The lowest BCUT2D eigenvalue weighted by Crippen LogP contribution is -2.51. The van der Waals surface area contributed by atoms with Gasteiger partial charge in [0.1, 0.15) is 17.7 Å². The molecule has 0 bridgehead atoms. The van der Waals surface area contributed by atoms with E-state index in [4.69, 9.17) is 4.74 Å². The molecule has 17 heteroatoms. The van der Waals surface area contributed by atoms with Gasteiger partial charge in [0.2, 0.25) is 5.60 Å². The number of nitrogens with zero attached hydrogens (tertiary/aromatic N) is 2. The number of nitrogens with one attached hydrogen (secondary N) is 2. The molecule has 2 aliphatic rings. The van der Waals surface area contributed by atoms with Crippen LogP contribution in [0, 0.1) is 11.7 Å². The van der Waals surface area contributed by atoms with Gasteiger partial charge in [0, 0.05) is 18.8 Å². The Kier molecular flexibility index (Phi) is 9.21. The lowest BCUT2D eigenvalue weighted by atomic mass is 10.0. The molecule has 1 fully saturated rings. The molecule has 0 spiro atoms. The summed E-state index contributed by atoms with van der Waals surface area (Å²) >= 11 is 0. The van der Waals surface area contributed by atoms with Gasteiger partial charge in [-0.15, -0.1) is 0 Å². The van der Waals surface area contributed by atoms with Crippen molar-refractivity contribution in [3.63, 3.8) is 0 Å². The summed E-state index contributed by atoms with van der Waals surface area (Å²) in [5.74, 6) is -0.290. The van der Waals surface area contributed by atoms with Gasteiger partial charge in [-0.2, -0.15) is 30.6 Å². The van der Waals surface area contributed by atoms with Gasteiger partial charge in [-0.3, -0.25) is 9.62 Å². The maximum atomic E-state index is 13.7. The molecule has 238 valence electrons. The zero-order chi connectivity index (χ0) is 31.8. The highest BCUT2D eigenvalue weighted by Gasteiger charge is 2.51. The van der Waals surface area contributed by atoms with E-state index in [0.717, 1.165) is 34.6 Å². The third kappa shape index (κ3) is 7.50. The van der Waals surface area contributed by atoms with Gasteiger partial charge in [0.05, 0.1) is 23.7 Å². The van der Waals surface area contributed by atoms with Crippen molar-refractivity contribution >= 4 is 37.7 Å². The number of anilines is 2. The van der Waals surface area contributed by atoms with E-state index in [1.54, 1.807) is 0 Å². The Labute approximate surface area is 247 Å². The molecule has 0 saturated carbocycles. The fourth-order valence-corrected chi connectivity index (χ4v) is 7.17. The van der Waals surface area contributed by atoms with Crippen LogP contribution in [0.4, 0.5) is 33.7 Å². The van der Waals surface area contributed by atoms with Crippen LogP contribution in [0.15, 0.2) is 47.4 Å². The Morgan fingerprint density at radius 1 is 1.05 bits per heavy atom. The lowest BCUT2D eigenvalue weighted by molar-refractivity contribution is -0.242. The molecule has 1 saturated heterocycles. The van der Waals surface area contributed by atoms with Crippen LogP contribution >= 0.6 is 0 Å². The minimum atomic E-state index is -4.85. The summed E-state index contributed by atoms with van der Waals surface area (Å²) < 4.78 is 121. The van der Waals surface area contributed by atoms with Gasteiger partial charge in [0.25, 0.3) is 20.2 Å². The molecule has 4 rings (SSSR count). The standard InChI is InChI=1S/C26H32F4N4O7S2/c1-17-10-12-33(13-11-17)43(38,39)31-15-20-16-34(42(36,37)21-7-4-18(27)5-8-21)22-14-19(6-9-23(22)40-20)32-24(35)41-25(2,3)26(28,29)30/h4-9,14,17,20,31H,10-13,15-16H2,1-3H3,(H,32,35). The zero-order valence-electron chi connectivity index (χ0n) is 23.5. The summed E-state index contributed by atoms with van der Waals surface area (Å²) in [6.07, 6.45) is -5.88. The number of alkyl halides is 3. The second-order valence-electron chi connectivity index (χ2n) is 10.9. The predicted molar refractivity (Wildman–Crippen MR) is 149 cm³/mol. The third-order valence-corrected chi connectivity index (χ3v) is 10.5. The number of amides is 1. The first-order valence-corrected chi connectivity index (χ1v) is 16.2. The summed E-state index contributed by atoms with van der Waals surface area (Å²) in [7, 11) is -8.28. The van der Waals surface area contributed by atoms with E-state index in [0.29, 0.717) is 45.7 Å². The van der Waals surface area contributed by atoms with E-state index < -0.39 is 50.0 Å². The SMILES string of the molecule is CC1CCN(S(=O)(=O)NCC2CN(S(=O)(=O)c3ccc(F)cc3)c3cc(NC(=O)OC(C)(C)C(F)(F)F)ccc3O2)CC1. The van der Waals surface area contributed by atoms with Crippen molar-refractivity contribution in [3.05, 3.63) is 48.3 Å². The normalized spacial score (nSPS) is 19.0. The van der Waals surface area contributed by atoms with Crippen molar-refractivity contribution < 1.29 is 48.7 Å². The topological polar surface area (TPSA) is 134 Å². The van der Waals surface area contributed by atoms with E-state index in [2.05, 4.69) is 14.8 Å². The number of benzene rings is 2. The highest BCUT2D eigenvalue weighted by atomic mass is 32.2. The lowest BCUT2D eigenvalue weighted by Gasteiger charge is -2.36. The molecule has 43 heavy (non-hydrogen) atoms. The maximum Gasteiger partial charge on any atom is 0.427 e. The Morgan fingerprint density at radius 2 is 1.67 bits per heavy atom. The highest BCUT2D eigenvalue weighted by Crippen LogP contribution is 2.39. The second kappa shape index (κ2) is 12.1. The van der Waals surface area contributed by atoms with Crippen molar-refractivity contribution in [1.82, 2.24) is 9.03 Å². The molecule has 2 aliphatic heterocycles. The third-order valence-electron chi connectivity index (χ3n) is 7.15. The minimum Gasteiger partial charge on any atom is -0.485 e. The average molecular weight is 653 g/mol. The first-order valence-electron chi connectivity index (χ1n) is 13.3. The predicted octanol–water partition coefficient (Wildman–Crippen LogP) is 4.24. The van der Waals surface area contributed by atoms with E-state index in [1.165, 1.54) is 16.4 Å². The number of carbonyl (C=O) groups is 1. The van der Waals surface area contributed by atoms with Crippen LogP contribution in [0.2, 0.25) is 0 Å². The number of ether oxygens (including phenoxy) is 2. The number of hydrogen-bond donors (Lipinski definition) is 2. The molecule has 1 unspecified atom stereocenters. The van der Waals surface area contributed by atoms with Crippen LogP contribution in [-0.4, -0.2) is 71.3 Å². The molecule has 1 amide bonds. The first-order chi connectivity index (χ1) is 19.9. The van der Waals surface area contributed by atoms with Crippen LogP contribution in [0.25, 0.3) is 0 Å². The second-order valence-corrected chi connectivity index (χ2v) is 14.5. The van der Waals surface area contributed by atoms with E-state index >= 15 is 0 Å². The number of halogens is 4. The van der Waals surface area contributed by atoms with Gasteiger partial charge in [-0.05, 0) is 75.1 Å². The quantitative estimate of drug-likeness (QED) is 0.408. The molecule has 11 nitrogen and oxygen atoms in total. The highest BCUT2D eigenvalue weighted by molar-refractivity contribution is 7.92. The Morgan fingerprint density at radius 3 is 2.28 bits per heavy atom. The smallest absolute Gasteiger partial charge is 0.427 e. The van der Waals surface area contributed by atoms with E-state index in [9.17, 15) is 39.2 Å². The van der Waals surface area contributed by atoms with Gasteiger partial charge >= 0.3 is 12.3 Å². The van der Waals surface area contributed by atoms with E-state index in [-0.39, 0.29) is 35.1 Å². The van der Waals surface area contributed by atoms with Crippen LogP contribution in [0.3, 0.4) is 0 Å². The van der Waals surface area contributed by atoms with Crippen LogP contribution in [0.5, 0.6) is 5.75 Å². The summed E-state index contributed by atoms with van der Waals surface area (Å²) in [5, 5.41) is 2.15. The van der Waals surface area contributed by atoms with Crippen molar-refractivity contribution in [2.24, 2.45) is 5.92 Å². The molecular weight excluding hydrogens is 620 g/mol. The van der Waals surface area contributed by atoms with Crippen molar-refractivity contribution in [2.75, 3.05) is 35.8 Å². The monoisotopic (exact) mass is 652 g/mol. The number of carbonyl (C=O) groups excluding carboxylic acids is 1. The number of rotatable bonds is 8. The number of piperidine rings is 1. The van der Waals surface area contributed by atoms with Crippen molar-refractivity contribution in [3.8, 4) is 5.75 Å². The van der Waals surface area contributed by atoms with Crippen molar-refractivity contribution in [1.29, 1.82) is 0 Å². The fourth-order valence-electron chi connectivity index (χ4n) is 4.41. The molecule has 0 radical (unpaired) electrons. The Hall–Kier alpha value is -3.15. The molecular formula is C26H32F4N4O7S2. The number of hydrogen-bond acceptors (Lipinski definition) is 7. The first kappa shape index (κ1) is 32.8. The largest absolute Gasteiger partial charge is 0.485 e. The summed E-state index contributed by atoms with van der Waals surface area (Å²) in [6.45, 7) is 3.38. The molecule has 2 aromatic carbocycles. The van der Waals surface area contributed by atoms with Gasteiger partial charge < -0.3 is 9.47 Å². The maximum absolute atomic E-state index is 13.7. The Balaban J connectivity index is 1.60. The number of fused-ring (bicyclic) bond motifs is 1. The summed E-state index contributed by atoms with van der Waals surface area (Å²) in [6, 6.07) is 7.70. The molecule has 0 aromatic heterocycles. The minimum absolute atomic E-state index is 0.0116. The summed E-state index contributed by atoms with van der Waals surface area (Å²) in [5.41, 5.74) is -3.01. The average Bonchev–Trinajstić information content (AvgIpc) is 2.91. The van der Waals surface area contributed by atoms with Crippen LogP contribution in [0.1, 0.15) is 33.6 Å². The van der Waals surface area contributed by atoms with Gasteiger partial charge in [-0.1, -0.05) is 6.92 Å². The fraction of sp³-hybridized carbons (Fsp3) is 0.500. The van der Waals surface area contributed by atoms with Crippen LogP contribution < -0.4 is 19.1 Å². The number of sulfonamides is 1. The van der Waals surface area contributed by atoms with Crippen molar-refractivity contribution in [2.45, 2.75) is 56.4 Å². The molecule has 2 N–H and O–H groups in total. The molecule has 2 heterocycles. The Bertz CT molecular complexity index is 1540. The van der Waals surface area contributed by atoms with E-state index in [1.807, 2.05) is 6.92 Å². The van der Waals surface area contributed by atoms with Gasteiger partial charge in [-0.25, -0.2) is 17.6 Å². The molecule has 2 aromatic rings. The van der Waals surface area contributed by atoms with Crippen LogP contribution in [-0.2, 0) is 25.0 Å². The molecule has 1 atom stereocenters.